The molecular weight excluding hydrogens is 258 g/mol. The van der Waals surface area contributed by atoms with Gasteiger partial charge in [0, 0.05) is 31.2 Å². The van der Waals surface area contributed by atoms with Crippen molar-refractivity contribution in [2.75, 3.05) is 6.54 Å². The highest BCUT2D eigenvalue weighted by Crippen LogP contribution is 2.22. The summed E-state index contributed by atoms with van der Waals surface area (Å²) in [5.74, 6) is -0.968. The third-order valence-corrected chi connectivity index (χ3v) is 3.68. The zero-order valence-electron chi connectivity index (χ0n) is 10.9. The normalized spacial score (nSPS) is 18.6. The Kier molecular flexibility index (Phi) is 3.14. The van der Waals surface area contributed by atoms with Crippen molar-refractivity contribution in [3.8, 4) is 0 Å². The molecule has 3 rings (SSSR count). The van der Waals surface area contributed by atoms with Gasteiger partial charge < -0.3 is 14.4 Å². The van der Waals surface area contributed by atoms with E-state index in [9.17, 15) is 9.59 Å². The van der Waals surface area contributed by atoms with E-state index in [2.05, 4.69) is 4.98 Å². The van der Waals surface area contributed by atoms with E-state index in [1.54, 1.807) is 40.0 Å². The number of carbonyl (C=O) groups excluding carboxylic acids is 1. The molecular formula is C14H15N3O3. The lowest BCUT2D eigenvalue weighted by Crippen LogP contribution is -2.36. The highest BCUT2D eigenvalue weighted by molar-refractivity contribution is 5.94. The Labute approximate surface area is 115 Å². The second-order valence-corrected chi connectivity index (χ2v) is 5.00. The summed E-state index contributed by atoms with van der Waals surface area (Å²) in [6, 6.07) is 3.33. The average molecular weight is 273 g/mol. The molecule has 0 aliphatic carbocycles. The van der Waals surface area contributed by atoms with Crippen LogP contribution in [-0.2, 0) is 4.79 Å². The van der Waals surface area contributed by atoms with Crippen molar-refractivity contribution >= 4 is 17.5 Å². The minimum absolute atomic E-state index is 0.0130. The molecule has 1 atom stereocenters. The van der Waals surface area contributed by atoms with Gasteiger partial charge in [-0.25, -0.2) is 4.98 Å². The number of carboxylic acids is 1. The number of pyridine rings is 1. The second-order valence-electron chi connectivity index (χ2n) is 5.00. The largest absolute Gasteiger partial charge is 0.481 e. The van der Waals surface area contributed by atoms with Crippen LogP contribution in [0.15, 0.2) is 30.7 Å². The van der Waals surface area contributed by atoms with Crippen molar-refractivity contribution in [2.24, 2.45) is 0 Å². The zero-order chi connectivity index (χ0) is 14.1. The maximum Gasteiger partial charge on any atom is 0.305 e. The molecule has 0 spiro atoms. The van der Waals surface area contributed by atoms with Crippen LogP contribution in [0.5, 0.6) is 0 Å². The van der Waals surface area contributed by atoms with Crippen LogP contribution in [0.2, 0.25) is 0 Å². The first-order valence-corrected chi connectivity index (χ1v) is 6.60. The predicted octanol–water partition coefficient (Wildman–Crippen LogP) is 1.41. The van der Waals surface area contributed by atoms with Crippen molar-refractivity contribution in [3.05, 3.63) is 36.3 Å². The molecule has 1 aliphatic heterocycles. The molecule has 6 heteroatoms. The van der Waals surface area contributed by atoms with Gasteiger partial charge in [-0.2, -0.15) is 0 Å². The lowest BCUT2D eigenvalue weighted by molar-refractivity contribution is -0.137. The Morgan fingerprint density at radius 3 is 3.05 bits per heavy atom. The smallest absolute Gasteiger partial charge is 0.305 e. The number of likely N-dealkylation sites (tertiary alicyclic amines) is 1. The molecule has 0 saturated carbocycles. The summed E-state index contributed by atoms with van der Waals surface area (Å²) in [5, 5.41) is 8.91. The summed E-state index contributed by atoms with van der Waals surface area (Å²) < 4.78 is 1.79. The van der Waals surface area contributed by atoms with Crippen LogP contribution in [-0.4, -0.2) is 43.9 Å². The van der Waals surface area contributed by atoms with Crippen LogP contribution in [0.4, 0.5) is 0 Å². The van der Waals surface area contributed by atoms with Crippen molar-refractivity contribution in [1.29, 1.82) is 0 Å². The first-order chi connectivity index (χ1) is 9.65. The van der Waals surface area contributed by atoms with Gasteiger partial charge in [0.15, 0.2) is 0 Å². The van der Waals surface area contributed by atoms with E-state index in [4.69, 9.17) is 5.11 Å². The predicted molar refractivity (Wildman–Crippen MR) is 71.5 cm³/mol. The molecule has 3 heterocycles. The number of fused-ring (bicyclic) bond motifs is 1. The van der Waals surface area contributed by atoms with Gasteiger partial charge >= 0.3 is 5.97 Å². The van der Waals surface area contributed by atoms with Gasteiger partial charge in [0.2, 0.25) is 0 Å². The van der Waals surface area contributed by atoms with E-state index in [0.29, 0.717) is 12.1 Å². The monoisotopic (exact) mass is 273 g/mol. The van der Waals surface area contributed by atoms with E-state index in [0.717, 1.165) is 18.5 Å². The van der Waals surface area contributed by atoms with Gasteiger partial charge in [0.1, 0.15) is 5.65 Å². The molecule has 1 fully saturated rings. The fourth-order valence-corrected chi connectivity index (χ4v) is 2.73. The number of amides is 1. The second kappa shape index (κ2) is 4.96. The van der Waals surface area contributed by atoms with Crippen LogP contribution in [0, 0.1) is 0 Å². The van der Waals surface area contributed by atoms with Crippen LogP contribution in [0.3, 0.4) is 0 Å². The SMILES string of the molecule is O=C(O)CC1CCCN1C(=O)c1ccc2nccn2c1. The van der Waals surface area contributed by atoms with Crippen molar-refractivity contribution in [2.45, 2.75) is 25.3 Å². The molecule has 20 heavy (non-hydrogen) atoms. The van der Waals surface area contributed by atoms with Gasteiger partial charge in [-0.1, -0.05) is 0 Å². The molecule has 1 unspecified atom stereocenters. The number of aliphatic carboxylic acids is 1. The Morgan fingerprint density at radius 2 is 2.25 bits per heavy atom. The third kappa shape index (κ3) is 2.24. The fraction of sp³-hybridized carbons (Fsp3) is 0.357. The highest BCUT2D eigenvalue weighted by Gasteiger charge is 2.31. The molecule has 2 aromatic rings. The lowest BCUT2D eigenvalue weighted by atomic mass is 10.1. The van der Waals surface area contributed by atoms with Crippen molar-refractivity contribution in [3.63, 3.8) is 0 Å². The Balaban J connectivity index is 1.85. The third-order valence-electron chi connectivity index (χ3n) is 3.68. The van der Waals surface area contributed by atoms with Crippen molar-refractivity contribution < 1.29 is 14.7 Å². The van der Waals surface area contributed by atoms with E-state index >= 15 is 0 Å². The van der Waals surface area contributed by atoms with Crippen LogP contribution < -0.4 is 0 Å². The maximum atomic E-state index is 12.5. The molecule has 0 radical (unpaired) electrons. The minimum Gasteiger partial charge on any atom is -0.481 e. The molecule has 104 valence electrons. The molecule has 0 aromatic carbocycles. The van der Waals surface area contributed by atoms with Crippen LogP contribution in [0.1, 0.15) is 29.6 Å². The Bertz CT molecular complexity index is 664. The number of hydrogen-bond donors (Lipinski definition) is 1. The number of carbonyl (C=O) groups is 2. The molecule has 1 N–H and O–H groups in total. The Hall–Kier alpha value is -2.37. The molecule has 6 nitrogen and oxygen atoms in total. The van der Waals surface area contributed by atoms with Gasteiger partial charge in [-0.3, -0.25) is 9.59 Å². The Morgan fingerprint density at radius 1 is 1.40 bits per heavy atom. The minimum atomic E-state index is -0.861. The quantitative estimate of drug-likeness (QED) is 0.917. The summed E-state index contributed by atoms with van der Waals surface area (Å²) in [7, 11) is 0. The number of aromatic nitrogens is 2. The van der Waals surface area contributed by atoms with Gasteiger partial charge in [-0.05, 0) is 25.0 Å². The highest BCUT2D eigenvalue weighted by atomic mass is 16.4. The number of nitrogens with zero attached hydrogens (tertiary/aromatic N) is 3. The maximum absolute atomic E-state index is 12.5. The molecule has 2 aromatic heterocycles. The van der Waals surface area contributed by atoms with Gasteiger partial charge in [0.25, 0.3) is 5.91 Å². The summed E-state index contributed by atoms with van der Waals surface area (Å²) in [6.45, 7) is 0.624. The fourth-order valence-electron chi connectivity index (χ4n) is 2.73. The van der Waals surface area contributed by atoms with E-state index in [1.807, 2.05) is 0 Å². The standard InChI is InChI=1S/C14H15N3O3/c18-13(19)8-11-2-1-6-17(11)14(20)10-3-4-12-15-5-7-16(12)9-10/h3-5,7,9,11H,1-2,6,8H2,(H,18,19). The number of carboxylic acid groups (broad SMARTS) is 1. The number of imidazole rings is 1. The van der Waals surface area contributed by atoms with Crippen molar-refractivity contribution in [1.82, 2.24) is 14.3 Å². The summed E-state index contributed by atoms with van der Waals surface area (Å²) in [5.41, 5.74) is 1.35. The molecule has 1 amide bonds. The van der Waals surface area contributed by atoms with E-state index in [1.165, 1.54) is 0 Å². The molecule has 1 aliphatic rings. The molecule has 1 saturated heterocycles. The summed E-state index contributed by atoms with van der Waals surface area (Å²) in [6.07, 6.45) is 6.82. The van der Waals surface area contributed by atoms with Crippen LogP contribution >= 0.6 is 0 Å². The first kappa shape index (κ1) is 12.7. The summed E-state index contributed by atoms with van der Waals surface area (Å²) >= 11 is 0. The first-order valence-electron chi connectivity index (χ1n) is 6.60. The van der Waals surface area contributed by atoms with Gasteiger partial charge in [0.05, 0.1) is 12.0 Å². The average Bonchev–Trinajstić information content (AvgIpc) is 3.04. The number of rotatable bonds is 3. The van der Waals surface area contributed by atoms with Gasteiger partial charge in [-0.15, -0.1) is 0 Å². The van der Waals surface area contributed by atoms with E-state index in [-0.39, 0.29) is 18.4 Å². The van der Waals surface area contributed by atoms with Crippen LogP contribution in [0.25, 0.3) is 5.65 Å². The van der Waals surface area contributed by atoms with E-state index < -0.39 is 5.97 Å². The lowest BCUT2D eigenvalue weighted by Gasteiger charge is -2.23. The topological polar surface area (TPSA) is 74.9 Å². The zero-order valence-corrected chi connectivity index (χ0v) is 10.9. The molecule has 0 bridgehead atoms. The number of hydrogen-bond acceptors (Lipinski definition) is 3. The summed E-state index contributed by atoms with van der Waals surface area (Å²) in [4.78, 5) is 29.2.